The molecule has 7 heteroatoms. The van der Waals surface area contributed by atoms with Crippen molar-refractivity contribution < 1.29 is 4.79 Å². The van der Waals surface area contributed by atoms with E-state index in [9.17, 15) is 9.59 Å². The number of halogens is 1. The summed E-state index contributed by atoms with van der Waals surface area (Å²) in [6.07, 6.45) is 4.95. The fourth-order valence-corrected chi connectivity index (χ4v) is 2.49. The first kappa shape index (κ1) is 16.0. The first-order chi connectivity index (χ1) is 11.5. The molecule has 6 nitrogen and oxygen atoms in total. The van der Waals surface area contributed by atoms with E-state index in [-0.39, 0.29) is 10.9 Å². The molecule has 0 bridgehead atoms. The van der Waals surface area contributed by atoms with Gasteiger partial charge in [-0.25, -0.2) is 4.68 Å². The molecule has 0 fully saturated rings. The molecule has 0 spiro atoms. The Balaban J connectivity index is 1.72. The third kappa shape index (κ3) is 3.38. The standard InChI is InChI=1S/C17H15ClN4O2/c1-21(17(24)13-9-15(18)16(23)19-10-13)11-12-3-5-14(6-4-12)22-8-2-7-20-22/h2-10H,11H2,1H3,(H,19,23). The molecule has 3 aromatic rings. The van der Waals surface area contributed by atoms with E-state index in [1.807, 2.05) is 36.5 Å². The molecule has 1 N–H and O–H groups in total. The zero-order chi connectivity index (χ0) is 17.1. The molecule has 0 atom stereocenters. The SMILES string of the molecule is CN(Cc1ccc(-n2cccn2)cc1)C(=O)c1c[nH]c(=O)c(Cl)c1. The van der Waals surface area contributed by atoms with Crippen molar-refractivity contribution in [2.24, 2.45) is 0 Å². The Morgan fingerprint density at radius 2 is 2.08 bits per heavy atom. The van der Waals surface area contributed by atoms with E-state index in [1.165, 1.54) is 12.3 Å². The number of aromatic amines is 1. The highest BCUT2D eigenvalue weighted by molar-refractivity contribution is 6.30. The molecular formula is C17H15ClN4O2. The van der Waals surface area contributed by atoms with Gasteiger partial charge in [0.2, 0.25) is 0 Å². The van der Waals surface area contributed by atoms with Crippen molar-refractivity contribution in [1.82, 2.24) is 19.7 Å². The van der Waals surface area contributed by atoms with Crippen LogP contribution in [0.15, 0.2) is 59.8 Å². The molecule has 2 heterocycles. The fourth-order valence-electron chi connectivity index (χ4n) is 2.32. The van der Waals surface area contributed by atoms with Gasteiger partial charge in [0.05, 0.1) is 11.3 Å². The molecule has 0 saturated heterocycles. The molecule has 2 aromatic heterocycles. The normalized spacial score (nSPS) is 10.6. The second kappa shape index (κ2) is 6.72. The summed E-state index contributed by atoms with van der Waals surface area (Å²) >= 11 is 5.77. The highest BCUT2D eigenvalue weighted by atomic mass is 35.5. The Morgan fingerprint density at radius 1 is 1.33 bits per heavy atom. The molecule has 1 amide bonds. The minimum atomic E-state index is -0.412. The topological polar surface area (TPSA) is 71.0 Å². The van der Waals surface area contributed by atoms with Crippen LogP contribution in [0.1, 0.15) is 15.9 Å². The van der Waals surface area contributed by atoms with Crippen LogP contribution in [-0.2, 0) is 6.54 Å². The molecule has 0 radical (unpaired) electrons. The highest BCUT2D eigenvalue weighted by Crippen LogP contribution is 2.12. The minimum absolute atomic E-state index is 0.00201. The van der Waals surface area contributed by atoms with Gasteiger partial charge in [0.1, 0.15) is 5.02 Å². The van der Waals surface area contributed by atoms with Gasteiger partial charge in [0.15, 0.2) is 0 Å². The lowest BCUT2D eigenvalue weighted by Gasteiger charge is -2.17. The zero-order valence-electron chi connectivity index (χ0n) is 12.9. The van der Waals surface area contributed by atoms with Crippen LogP contribution in [-0.4, -0.2) is 32.6 Å². The maximum absolute atomic E-state index is 12.4. The number of benzene rings is 1. The smallest absolute Gasteiger partial charge is 0.266 e. The maximum atomic E-state index is 12.4. The highest BCUT2D eigenvalue weighted by Gasteiger charge is 2.13. The Hall–Kier alpha value is -2.86. The summed E-state index contributed by atoms with van der Waals surface area (Å²) in [6, 6.07) is 11.0. The van der Waals surface area contributed by atoms with Crippen LogP contribution in [0.25, 0.3) is 5.69 Å². The van der Waals surface area contributed by atoms with Crippen molar-refractivity contribution in [3.05, 3.63) is 81.5 Å². The van der Waals surface area contributed by atoms with Crippen molar-refractivity contribution >= 4 is 17.5 Å². The number of rotatable bonds is 4. The van der Waals surface area contributed by atoms with E-state index in [2.05, 4.69) is 10.1 Å². The number of carbonyl (C=O) groups is 1. The van der Waals surface area contributed by atoms with Crippen molar-refractivity contribution in [3.8, 4) is 5.69 Å². The number of aromatic nitrogens is 3. The summed E-state index contributed by atoms with van der Waals surface area (Å²) in [4.78, 5) is 27.7. The largest absolute Gasteiger partial charge is 0.337 e. The monoisotopic (exact) mass is 342 g/mol. The molecule has 0 saturated carbocycles. The van der Waals surface area contributed by atoms with Crippen LogP contribution in [0.4, 0.5) is 0 Å². The number of H-pyrrole nitrogens is 1. The molecule has 0 aliphatic heterocycles. The summed E-state index contributed by atoms with van der Waals surface area (Å²) in [5, 5.41) is 4.17. The van der Waals surface area contributed by atoms with Crippen LogP contribution < -0.4 is 5.56 Å². The molecule has 24 heavy (non-hydrogen) atoms. The number of nitrogens with one attached hydrogen (secondary N) is 1. The number of nitrogens with zero attached hydrogens (tertiary/aromatic N) is 3. The molecule has 122 valence electrons. The van der Waals surface area contributed by atoms with Gasteiger partial charge in [-0.05, 0) is 29.8 Å². The minimum Gasteiger partial charge on any atom is -0.337 e. The predicted molar refractivity (Wildman–Crippen MR) is 91.4 cm³/mol. The Bertz CT molecular complexity index is 901. The van der Waals surface area contributed by atoms with Gasteiger partial charge in [0.25, 0.3) is 11.5 Å². The van der Waals surface area contributed by atoms with Gasteiger partial charge in [-0.1, -0.05) is 23.7 Å². The number of hydrogen-bond donors (Lipinski definition) is 1. The van der Waals surface area contributed by atoms with Crippen molar-refractivity contribution in [1.29, 1.82) is 0 Å². The summed E-state index contributed by atoms with van der Waals surface area (Å²) in [7, 11) is 1.70. The predicted octanol–water partition coefficient (Wildman–Crippen LogP) is 2.49. The summed E-state index contributed by atoms with van der Waals surface area (Å²) in [6.45, 7) is 0.439. The van der Waals surface area contributed by atoms with Gasteiger partial charge in [0, 0.05) is 32.2 Å². The second-order valence-corrected chi connectivity index (χ2v) is 5.75. The average Bonchev–Trinajstić information content (AvgIpc) is 3.12. The van der Waals surface area contributed by atoms with E-state index in [0.29, 0.717) is 12.1 Å². The number of pyridine rings is 1. The molecule has 0 unspecified atom stereocenters. The Kier molecular flexibility index (Phi) is 4.48. The summed E-state index contributed by atoms with van der Waals surface area (Å²) in [5.74, 6) is -0.218. The van der Waals surface area contributed by atoms with Crippen LogP contribution in [0, 0.1) is 0 Å². The van der Waals surface area contributed by atoms with E-state index in [4.69, 9.17) is 11.6 Å². The third-order valence-corrected chi connectivity index (χ3v) is 3.86. The number of amides is 1. The van der Waals surface area contributed by atoms with Gasteiger partial charge in [-0.2, -0.15) is 5.10 Å². The van der Waals surface area contributed by atoms with Crippen LogP contribution in [0.3, 0.4) is 0 Å². The van der Waals surface area contributed by atoms with E-state index in [1.54, 1.807) is 22.8 Å². The van der Waals surface area contributed by atoms with Gasteiger partial charge in [-0.15, -0.1) is 0 Å². The lowest BCUT2D eigenvalue weighted by atomic mass is 10.2. The average molecular weight is 343 g/mol. The first-order valence-electron chi connectivity index (χ1n) is 7.27. The third-order valence-electron chi connectivity index (χ3n) is 3.58. The Labute approximate surface area is 143 Å². The van der Waals surface area contributed by atoms with Crippen molar-refractivity contribution in [2.75, 3.05) is 7.05 Å². The second-order valence-electron chi connectivity index (χ2n) is 5.34. The first-order valence-corrected chi connectivity index (χ1v) is 7.65. The number of carbonyl (C=O) groups excluding carboxylic acids is 1. The van der Waals surface area contributed by atoms with Crippen LogP contribution in [0.2, 0.25) is 5.02 Å². The molecule has 0 aliphatic carbocycles. The van der Waals surface area contributed by atoms with E-state index < -0.39 is 5.56 Å². The van der Waals surface area contributed by atoms with Gasteiger partial charge in [-0.3, -0.25) is 9.59 Å². The van der Waals surface area contributed by atoms with Gasteiger partial charge >= 0.3 is 0 Å². The van der Waals surface area contributed by atoms with E-state index >= 15 is 0 Å². The lowest BCUT2D eigenvalue weighted by molar-refractivity contribution is 0.0784. The summed E-state index contributed by atoms with van der Waals surface area (Å²) in [5.41, 5.74) is 1.86. The lowest BCUT2D eigenvalue weighted by Crippen LogP contribution is -2.27. The molecule has 0 aliphatic rings. The number of hydrogen-bond acceptors (Lipinski definition) is 3. The molecule has 1 aromatic carbocycles. The molecular weight excluding hydrogens is 328 g/mol. The van der Waals surface area contributed by atoms with Crippen LogP contribution >= 0.6 is 11.6 Å². The fraction of sp³-hybridized carbons (Fsp3) is 0.118. The van der Waals surface area contributed by atoms with Gasteiger partial charge < -0.3 is 9.88 Å². The maximum Gasteiger partial charge on any atom is 0.266 e. The zero-order valence-corrected chi connectivity index (χ0v) is 13.7. The van der Waals surface area contributed by atoms with Crippen LogP contribution in [0.5, 0.6) is 0 Å². The van der Waals surface area contributed by atoms with Crippen molar-refractivity contribution in [3.63, 3.8) is 0 Å². The van der Waals surface area contributed by atoms with E-state index in [0.717, 1.165) is 11.3 Å². The van der Waals surface area contributed by atoms with Crippen molar-refractivity contribution in [2.45, 2.75) is 6.54 Å². The Morgan fingerprint density at radius 3 is 2.71 bits per heavy atom. The quantitative estimate of drug-likeness (QED) is 0.791. The summed E-state index contributed by atoms with van der Waals surface area (Å²) < 4.78 is 1.76. The molecule has 3 rings (SSSR count).